The summed E-state index contributed by atoms with van der Waals surface area (Å²) in [5.41, 5.74) is -5.85. The molecule has 4 aliphatic carbocycles. The summed E-state index contributed by atoms with van der Waals surface area (Å²) in [5.74, 6) is -5.00. The SMILES string of the molecule is CCCCCC[C@@H](C/C=C\CCCCCCCCOC(=O)CCC(=O)OCC(=O)[C@@]1(O)[C@H](C)C[C@H]2[C@@H]3CCC4=CC(=O)C=C[C@]4(C)[C@@]3(F)[C@@H](O)C[C@@]21C)OC(=O)CCCCCCCC(OC(=O)CCCCC)C(C[C@H](CCCCCC)OC(=O)CCCCC)OC(=O)CCCCC. The second kappa shape index (κ2) is 45.9. The lowest BCUT2D eigenvalue weighted by Crippen LogP contribution is -2.69. The smallest absolute Gasteiger partial charge is 0.306 e. The van der Waals surface area contributed by atoms with E-state index in [2.05, 4.69) is 46.8 Å². The number of hydrogen-bond donors (Lipinski definition) is 2. The van der Waals surface area contributed by atoms with Gasteiger partial charge in [0.05, 0.1) is 25.6 Å². The fourth-order valence-electron chi connectivity index (χ4n) is 15.9. The van der Waals surface area contributed by atoms with E-state index in [9.17, 15) is 48.6 Å². The van der Waals surface area contributed by atoms with E-state index in [1.165, 1.54) is 12.2 Å². The third-order valence-electron chi connectivity index (χ3n) is 21.8. The third-order valence-corrected chi connectivity index (χ3v) is 21.8. The number of carbonyl (C=O) groups is 8. The minimum absolute atomic E-state index is 0.163. The fourth-order valence-corrected chi connectivity index (χ4v) is 15.9. The zero-order chi connectivity index (χ0) is 71.1. The first kappa shape index (κ1) is 84.6. The molecule has 0 heterocycles. The van der Waals surface area contributed by atoms with E-state index >= 15 is 4.39 Å². The maximum Gasteiger partial charge on any atom is 0.306 e. The van der Waals surface area contributed by atoms with Gasteiger partial charge >= 0.3 is 35.8 Å². The van der Waals surface area contributed by atoms with Crippen molar-refractivity contribution >= 4 is 47.4 Å². The molecule has 17 heteroatoms. The van der Waals surface area contributed by atoms with Gasteiger partial charge in [-0.05, 0) is 140 Å². The molecule has 0 saturated heterocycles. The number of carbonyl (C=O) groups excluding carboxylic acids is 8. The van der Waals surface area contributed by atoms with Crippen LogP contribution in [0.2, 0.25) is 0 Å². The Balaban J connectivity index is 1.13. The number of aliphatic hydroxyl groups is 2. The fraction of sp³-hybridized carbons (Fsp3) is 0.825. The normalized spacial score (nSPS) is 24.6. The zero-order valence-corrected chi connectivity index (χ0v) is 61.5. The number of esters is 6. The van der Waals surface area contributed by atoms with Crippen LogP contribution in [0.15, 0.2) is 36.0 Å². The van der Waals surface area contributed by atoms with Crippen LogP contribution in [0.4, 0.5) is 4.39 Å². The lowest BCUT2D eigenvalue weighted by atomic mass is 9.44. The van der Waals surface area contributed by atoms with Gasteiger partial charge in [0.2, 0.25) is 5.78 Å². The van der Waals surface area contributed by atoms with Crippen LogP contribution < -0.4 is 0 Å². The Bertz CT molecular complexity index is 2470. The van der Waals surface area contributed by atoms with Gasteiger partial charge in [0.1, 0.15) is 30.0 Å². The van der Waals surface area contributed by atoms with Gasteiger partial charge in [0.15, 0.2) is 18.1 Å². The number of allylic oxidation sites excluding steroid dienone is 5. The van der Waals surface area contributed by atoms with Crippen LogP contribution in [0.25, 0.3) is 0 Å². The summed E-state index contributed by atoms with van der Waals surface area (Å²) in [5, 5.41) is 23.9. The average molecular weight is 1370 g/mol. The van der Waals surface area contributed by atoms with Gasteiger partial charge in [-0.2, -0.15) is 0 Å². The summed E-state index contributed by atoms with van der Waals surface area (Å²) in [7, 11) is 0. The standard InChI is InChI=1S/C80H131FO16/c1-9-14-19-34-40-63(94-73(87)47-38-29-26-28-37-43-67(96-75(89)45-32-17-12-4)68(97-76(90)46-33-18-13-5)57-64(42-35-20-15-10-2)95-74(88)44-31-16-11-3)41-36-27-24-22-21-23-25-30-39-54-92-71(85)50-51-72(86)93-59-70(84)80(91)60(6)55-66-65-49-48-61-56-62(82)52-53-77(61,7)79(65,81)69(83)58-78(66,80)8/h27,36,52-53,56,60,63-69,83,91H,9-26,28-35,37-51,54-55,57-59H2,1-8H3/b36-27-/t60-,63+,64+,65+,66+,67?,68?,69+,77+,78+,79+,80+/m1/s1. The minimum Gasteiger partial charge on any atom is -0.466 e. The van der Waals surface area contributed by atoms with Crippen LogP contribution >= 0.6 is 0 Å². The molecular formula is C80H131FO16. The molecule has 3 saturated carbocycles. The molecule has 3 fully saturated rings. The molecule has 0 radical (unpaired) electrons. The van der Waals surface area contributed by atoms with Crippen molar-refractivity contribution in [1.29, 1.82) is 0 Å². The molecule has 0 spiro atoms. The van der Waals surface area contributed by atoms with Crippen LogP contribution in [0.5, 0.6) is 0 Å². The molecular weight excluding hydrogens is 1240 g/mol. The second-order valence-corrected chi connectivity index (χ2v) is 29.5. The van der Waals surface area contributed by atoms with E-state index in [1.54, 1.807) is 26.8 Å². The molecule has 0 aromatic carbocycles. The molecule has 16 nitrogen and oxygen atoms in total. The summed E-state index contributed by atoms with van der Waals surface area (Å²) in [4.78, 5) is 104. The maximum atomic E-state index is 17.6. The summed E-state index contributed by atoms with van der Waals surface area (Å²) >= 11 is 0. The highest BCUT2D eigenvalue weighted by Gasteiger charge is 2.75. The molecule has 0 aliphatic heterocycles. The lowest BCUT2D eigenvalue weighted by molar-refractivity contribution is -0.220. The Kier molecular flexibility index (Phi) is 40.0. The number of ketones is 2. The quantitative estimate of drug-likeness (QED) is 0.0249. The van der Waals surface area contributed by atoms with Crippen molar-refractivity contribution in [2.45, 2.75) is 380 Å². The summed E-state index contributed by atoms with van der Waals surface area (Å²) in [6.07, 6.45) is 37.0. The van der Waals surface area contributed by atoms with Gasteiger partial charge in [-0.1, -0.05) is 194 Å². The number of ether oxygens (including phenoxy) is 6. The predicted molar refractivity (Wildman–Crippen MR) is 376 cm³/mol. The number of Topliss-reactive ketones (excluding diaryl/α,β-unsaturated/α-hetero) is 1. The summed E-state index contributed by atoms with van der Waals surface area (Å²) in [6.45, 7) is 15.3. The summed E-state index contributed by atoms with van der Waals surface area (Å²) in [6, 6.07) is 0. The molecule has 0 aromatic heterocycles. The van der Waals surface area contributed by atoms with E-state index in [1.807, 2.05) is 0 Å². The molecule has 97 heavy (non-hydrogen) atoms. The predicted octanol–water partition coefficient (Wildman–Crippen LogP) is 17.9. The Morgan fingerprint density at radius 3 is 1.63 bits per heavy atom. The molecule has 0 bridgehead atoms. The highest BCUT2D eigenvalue weighted by Crippen LogP contribution is 2.70. The van der Waals surface area contributed by atoms with Crippen molar-refractivity contribution < 1.29 is 81.4 Å². The van der Waals surface area contributed by atoms with Crippen molar-refractivity contribution in [2.75, 3.05) is 13.2 Å². The molecule has 2 unspecified atom stereocenters. The van der Waals surface area contributed by atoms with E-state index in [-0.39, 0.29) is 74.5 Å². The van der Waals surface area contributed by atoms with Gasteiger partial charge in [0, 0.05) is 55.3 Å². The molecule has 2 N–H and O–H groups in total. The van der Waals surface area contributed by atoms with E-state index < -0.39 is 88.6 Å². The highest BCUT2D eigenvalue weighted by molar-refractivity contribution is 6.01. The second-order valence-electron chi connectivity index (χ2n) is 29.5. The van der Waals surface area contributed by atoms with Crippen LogP contribution in [0.3, 0.4) is 0 Å². The van der Waals surface area contributed by atoms with Crippen molar-refractivity contribution in [1.82, 2.24) is 0 Å². The number of halogens is 1. The number of alkyl halides is 1. The Morgan fingerprint density at radius 1 is 0.557 bits per heavy atom. The van der Waals surface area contributed by atoms with Crippen LogP contribution in [-0.4, -0.2) is 113 Å². The minimum atomic E-state index is -2.11. The molecule has 4 rings (SSSR count). The number of aliphatic hydroxyl groups excluding tert-OH is 1. The molecule has 0 amide bonds. The van der Waals surface area contributed by atoms with E-state index in [0.717, 1.165) is 173 Å². The number of fused-ring (bicyclic) bond motifs is 5. The van der Waals surface area contributed by atoms with Gasteiger partial charge in [-0.15, -0.1) is 0 Å². The van der Waals surface area contributed by atoms with Crippen molar-refractivity contribution in [3.8, 4) is 0 Å². The molecule has 554 valence electrons. The van der Waals surface area contributed by atoms with Crippen LogP contribution in [0, 0.1) is 28.6 Å². The number of unbranched alkanes of at least 4 members (excludes halogenated alkanes) is 22. The Morgan fingerprint density at radius 2 is 1.03 bits per heavy atom. The lowest BCUT2D eigenvalue weighted by Gasteiger charge is -2.62. The Hall–Kier alpha value is -4.77. The molecule has 4 aliphatic rings. The van der Waals surface area contributed by atoms with E-state index in [0.29, 0.717) is 82.6 Å². The Labute approximate surface area is 583 Å². The first-order chi connectivity index (χ1) is 46.6. The largest absolute Gasteiger partial charge is 0.466 e. The van der Waals surface area contributed by atoms with Gasteiger partial charge in [-0.3, -0.25) is 38.4 Å². The number of hydrogen-bond acceptors (Lipinski definition) is 16. The van der Waals surface area contributed by atoms with Crippen molar-refractivity contribution in [2.24, 2.45) is 28.6 Å². The van der Waals surface area contributed by atoms with Gasteiger partial charge in [-0.25, -0.2) is 4.39 Å². The van der Waals surface area contributed by atoms with Crippen molar-refractivity contribution in [3.63, 3.8) is 0 Å². The van der Waals surface area contributed by atoms with Crippen LogP contribution in [-0.2, 0) is 66.8 Å². The zero-order valence-electron chi connectivity index (χ0n) is 61.5. The monoisotopic (exact) mass is 1370 g/mol. The van der Waals surface area contributed by atoms with E-state index in [4.69, 9.17) is 28.4 Å². The van der Waals surface area contributed by atoms with Crippen LogP contribution in [0.1, 0.15) is 338 Å². The first-order valence-corrected chi connectivity index (χ1v) is 38.9. The molecule has 0 aromatic rings. The number of rotatable bonds is 54. The summed E-state index contributed by atoms with van der Waals surface area (Å²) < 4.78 is 52.9. The highest BCUT2D eigenvalue weighted by atomic mass is 19.1. The average Bonchev–Trinajstić information content (AvgIpc) is 1.62. The first-order valence-electron chi connectivity index (χ1n) is 38.9. The topological polar surface area (TPSA) is 232 Å². The maximum absolute atomic E-state index is 17.6. The molecule has 12 atom stereocenters. The third kappa shape index (κ3) is 27.3. The van der Waals surface area contributed by atoms with Crippen molar-refractivity contribution in [3.05, 3.63) is 36.0 Å². The van der Waals surface area contributed by atoms with Gasteiger partial charge in [0.25, 0.3) is 0 Å². The van der Waals surface area contributed by atoms with Gasteiger partial charge < -0.3 is 38.6 Å².